The van der Waals surface area contributed by atoms with Crippen molar-refractivity contribution in [3.8, 4) is 11.3 Å². The molecule has 0 radical (unpaired) electrons. The highest BCUT2D eigenvalue weighted by atomic mass is 35.5. The number of rotatable bonds is 6. The van der Waals surface area contributed by atoms with Crippen molar-refractivity contribution in [2.24, 2.45) is 0 Å². The Morgan fingerprint density at radius 3 is 2.25 bits per heavy atom. The van der Waals surface area contributed by atoms with Crippen LogP contribution in [0.15, 0.2) is 85.0 Å². The summed E-state index contributed by atoms with van der Waals surface area (Å²) in [5.74, 6) is 0. The number of hydrogen-bond acceptors (Lipinski definition) is 2. The van der Waals surface area contributed by atoms with Crippen LogP contribution in [-0.4, -0.2) is 28.5 Å². The number of nitrogens with zero attached hydrogens (tertiary/aromatic N) is 1. The van der Waals surface area contributed by atoms with Gasteiger partial charge in [0.1, 0.15) is 0 Å². The van der Waals surface area contributed by atoms with Gasteiger partial charge in [0.05, 0.1) is 10.0 Å². The lowest BCUT2D eigenvalue weighted by atomic mass is 10.1. The van der Waals surface area contributed by atoms with Crippen LogP contribution in [0.1, 0.15) is 40.5 Å². The van der Waals surface area contributed by atoms with Crippen LogP contribution in [-0.2, 0) is 6.54 Å². The minimum absolute atomic E-state index is 0.220. The number of fused-ring (bicyclic) bond motifs is 3. The highest BCUT2D eigenvalue weighted by Crippen LogP contribution is 2.35. The number of benzene rings is 3. The molecular formula is C31H39Cl2NO2. The highest BCUT2D eigenvalue weighted by molar-refractivity contribution is 6.42. The van der Waals surface area contributed by atoms with Gasteiger partial charge in [0.25, 0.3) is 0 Å². The topological polar surface area (TPSA) is 45.4 Å². The van der Waals surface area contributed by atoms with E-state index in [1.807, 2.05) is 39.0 Å². The van der Waals surface area contributed by atoms with E-state index in [2.05, 4.69) is 66.6 Å². The molecule has 1 aromatic heterocycles. The third-order valence-electron chi connectivity index (χ3n) is 5.38. The molecule has 4 aromatic rings. The van der Waals surface area contributed by atoms with E-state index in [0.29, 0.717) is 10.0 Å². The highest BCUT2D eigenvalue weighted by Gasteiger charge is 2.13. The van der Waals surface area contributed by atoms with Gasteiger partial charge in [0, 0.05) is 36.9 Å². The molecular weight excluding hydrogens is 489 g/mol. The molecule has 0 saturated carbocycles. The maximum atomic E-state index is 9.09. The predicted octanol–water partition coefficient (Wildman–Crippen LogP) is 9.31. The van der Waals surface area contributed by atoms with Crippen molar-refractivity contribution in [3.05, 3.63) is 95.0 Å². The Morgan fingerprint density at radius 1 is 0.944 bits per heavy atom. The first-order valence-electron chi connectivity index (χ1n) is 12.2. The summed E-state index contributed by atoms with van der Waals surface area (Å²) >= 11 is 12.5. The van der Waals surface area contributed by atoms with Gasteiger partial charge >= 0.3 is 0 Å². The normalized spacial score (nSPS) is 10.5. The summed E-state index contributed by atoms with van der Waals surface area (Å²) in [7, 11) is 1.00. The Kier molecular flexibility index (Phi) is 14.9. The van der Waals surface area contributed by atoms with E-state index in [4.69, 9.17) is 33.4 Å². The molecule has 0 bridgehead atoms. The van der Waals surface area contributed by atoms with Gasteiger partial charge < -0.3 is 14.8 Å². The summed E-state index contributed by atoms with van der Waals surface area (Å²) in [5.41, 5.74) is 4.62. The summed E-state index contributed by atoms with van der Waals surface area (Å²) in [5, 5.41) is 20.9. The van der Waals surface area contributed by atoms with E-state index in [9.17, 15) is 0 Å². The van der Waals surface area contributed by atoms with Gasteiger partial charge in [0.15, 0.2) is 0 Å². The largest absolute Gasteiger partial charge is 0.400 e. The van der Waals surface area contributed by atoms with Crippen molar-refractivity contribution in [1.82, 2.24) is 4.57 Å². The second-order valence-electron chi connectivity index (χ2n) is 7.77. The third-order valence-corrected chi connectivity index (χ3v) is 6.12. The molecule has 1 heterocycles. The van der Waals surface area contributed by atoms with Crippen LogP contribution >= 0.6 is 23.2 Å². The number of allylic oxidation sites excluding steroid dienone is 3. The van der Waals surface area contributed by atoms with Gasteiger partial charge in [-0.05, 0) is 67.3 Å². The van der Waals surface area contributed by atoms with E-state index >= 15 is 0 Å². The lowest BCUT2D eigenvalue weighted by Crippen LogP contribution is -1.99. The fourth-order valence-electron chi connectivity index (χ4n) is 3.81. The van der Waals surface area contributed by atoms with Crippen LogP contribution in [0.5, 0.6) is 0 Å². The summed E-state index contributed by atoms with van der Waals surface area (Å²) in [6.45, 7) is 12.3. The molecule has 194 valence electrons. The van der Waals surface area contributed by atoms with Crippen molar-refractivity contribution in [3.63, 3.8) is 0 Å². The Bertz CT molecular complexity index is 1260. The van der Waals surface area contributed by atoms with E-state index in [1.54, 1.807) is 6.08 Å². The number of aliphatic hydroxyl groups excluding tert-OH is 2. The van der Waals surface area contributed by atoms with E-state index in [-0.39, 0.29) is 6.61 Å². The summed E-state index contributed by atoms with van der Waals surface area (Å²) < 4.78 is 2.32. The molecule has 2 N–H and O–H groups in total. The van der Waals surface area contributed by atoms with Gasteiger partial charge in [0.2, 0.25) is 0 Å². The maximum absolute atomic E-state index is 9.09. The summed E-state index contributed by atoms with van der Waals surface area (Å²) in [6.07, 6.45) is 5.69. The molecule has 0 amide bonds. The molecule has 0 aliphatic rings. The van der Waals surface area contributed by atoms with Gasteiger partial charge in [-0.1, -0.05) is 91.2 Å². The molecule has 4 rings (SSSR count). The van der Waals surface area contributed by atoms with Crippen LogP contribution in [0.3, 0.4) is 0 Å². The molecule has 0 fully saturated rings. The zero-order valence-corrected chi connectivity index (χ0v) is 23.6. The number of hydrogen-bond donors (Lipinski definition) is 2. The lowest BCUT2D eigenvalue weighted by Gasteiger charge is -2.11. The lowest BCUT2D eigenvalue weighted by molar-refractivity contribution is 0.288. The van der Waals surface area contributed by atoms with Crippen LogP contribution in [0.2, 0.25) is 10.0 Å². The fraction of sp³-hybridized carbons (Fsp3) is 0.290. The van der Waals surface area contributed by atoms with Crippen LogP contribution in [0.25, 0.3) is 32.9 Å². The van der Waals surface area contributed by atoms with Crippen molar-refractivity contribution in [1.29, 1.82) is 0 Å². The van der Waals surface area contributed by atoms with Crippen LogP contribution in [0, 0.1) is 0 Å². The minimum atomic E-state index is 0.220. The average Bonchev–Trinajstić information content (AvgIpc) is 3.29. The van der Waals surface area contributed by atoms with Gasteiger partial charge in [-0.2, -0.15) is 0 Å². The fourth-order valence-corrected chi connectivity index (χ4v) is 4.11. The summed E-state index contributed by atoms with van der Waals surface area (Å²) in [4.78, 5) is 0. The van der Waals surface area contributed by atoms with Gasteiger partial charge in [-0.3, -0.25) is 0 Å². The van der Waals surface area contributed by atoms with Crippen molar-refractivity contribution >= 4 is 44.9 Å². The number of halogens is 2. The molecule has 3 aromatic carbocycles. The first-order valence-corrected chi connectivity index (χ1v) is 13.0. The van der Waals surface area contributed by atoms with E-state index in [0.717, 1.165) is 37.8 Å². The molecule has 0 saturated heterocycles. The smallest absolute Gasteiger partial charge is 0.0599 e. The molecule has 0 atom stereocenters. The van der Waals surface area contributed by atoms with Gasteiger partial charge in [-0.15, -0.1) is 6.58 Å². The first-order chi connectivity index (χ1) is 17.5. The Hall–Kier alpha value is -2.56. The first kappa shape index (κ1) is 31.5. The Balaban J connectivity index is 0.000000844. The zero-order chi connectivity index (χ0) is 27.1. The van der Waals surface area contributed by atoms with E-state index < -0.39 is 0 Å². The molecule has 36 heavy (non-hydrogen) atoms. The van der Waals surface area contributed by atoms with Crippen LogP contribution in [0.4, 0.5) is 0 Å². The van der Waals surface area contributed by atoms with Crippen LogP contribution < -0.4 is 0 Å². The minimum Gasteiger partial charge on any atom is -0.400 e. The molecule has 0 aliphatic heterocycles. The third kappa shape index (κ3) is 8.25. The second-order valence-corrected chi connectivity index (χ2v) is 8.59. The van der Waals surface area contributed by atoms with Crippen molar-refractivity contribution < 1.29 is 10.2 Å². The average molecular weight is 529 g/mol. The SMILES string of the molecule is C/C(=C\Cn1c(-c2ccc(Cl)c(Cl)c2)cc2c3ccccc3ccc21)CCCO.C=CC.CC.CO. The maximum Gasteiger partial charge on any atom is 0.0599 e. The molecule has 0 aliphatic carbocycles. The second kappa shape index (κ2) is 17.0. The van der Waals surface area contributed by atoms with Crippen molar-refractivity contribution in [2.45, 2.75) is 47.1 Å². The Labute approximate surface area is 226 Å². The predicted molar refractivity (Wildman–Crippen MR) is 160 cm³/mol. The standard InChI is InChI=1S/C25H23Cl2NO.C3H6.C2H6.CH4O/c1-17(5-4-14-29)12-13-28-24-11-9-18-6-2-3-7-20(18)21(24)16-25(28)19-8-10-22(26)23(27)15-19;1-3-2;2*1-2/h2-3,6-12,15-16,29H,4-5,13-14H2,1H3;3H,1H2,2H3;1-2H3;2H,1H3/b17-12+;;;. The number of aromatic nitrogens is 1. The molecule has 0 spiro atoms. The molecule has 5 heteroatoms. The van der Waals surface area contributed by atoms with E-state index in [1.165, 1.54) is 27.2 Å². The monoisotopic (exact) mass is 527 g/mol. The molecule has 3 nitrogen and oxygen atoms in total. The Morgan fingerprint density at radius 2 is 1.61 bits per heavy atom. The van der Waals surface area contributed by atoms with Gasteiger partial charge in [-0.25, -0.2) is 0 Å². The number of aliphatic hydroxyl groups is 2. The van der Waals surface area contributed by atoms with Crippen molar-refractivity contribution in [2.75, 3.05) is 13.7 Å². The quantitative estimate of drug-likeness (QED) is 0.245. The zero-order valence-electron chi connectivity index (χ0n) is 22.1. The summed E-state index contributed by atoms with van der Waals surface area (Å²) in [6, 6.07) is 20.9. The molecule has 0 unspecified atom stereocenters.